The fourth-order valence-corrected chi connectivity index (χ4v) is 4.18. The molecule has 1 aliphatic rings. The Kier molecular flexibility index (Phi) is 3.50. The van der Waals surface area contributed by atoms with Crippen molar-refractivity contribution in [1.29, 1.82) is 0 Å². The Morgan fingerprint density at radius 1 is 1.33 bits per heavy atom. The van der Waals surface area contributed by atoms with Crippen molar-refractivity contribution in [1.82, 2.24) is 0 Å². The number of hydrogen-bond donors (Lipinski definition) is 1. The predicted molar refractivity (Wildman–Crippen MR) is 79.3 cm³/mol. The lowest BCUT2D eigenvalue weighted by molar-refractivity contribution is 0.155. The molecular formula is C14H12BrClOS. The Morgan fingerprint density at radius 3 is 2.67 bits per heavy atom. The second-order valence-electron chi connectivity index (χ2n) is 4.63. The van der Waals surface area contributed by atoms with E-state index in [1.54, 1.807) is 0 Å². The molecule has 2 aromatic rings. The molecule has 4 heteroatoms. The molecule has 0 radical (unpaired) electrons. The zero-order valence-electron chi connectivity index (χ0n) is 9.51. The van der Waals surface area contributed by atoms with Crippen LogP contribution in [0.5, 0.6) is 0 Å². The van der Waals surface area contributed by atoms with E-state index in [4.69, 9.17) is 11.6 Å². The second kappa shape index (κ2) is 4.97. The molecule has 1 aromatic heterocycles. The van der Waals surface area contributed by atoms with E-state index in [1.165, 1.54) is 16.9 Å². The predicted octanol–water partition coefficient (Wildman–Crippen LogP) is 5.00. The summed E-state index contributed by atoms with van der Waals surface area (Å²) in [5.74, 6) is 0.815. The van der Waals surface area contributed by atoms with Gasteiger partial charge in [-0.15, -0.1) is 11.3 Å². The van der Waals surface area contributed by atoms with Crippen LogP contribution in [0.25, 0.3) is 0 Å². The molecule has 1 N–H and O–H groups in total. The van der Waals surface area contributed by atoms with Crippen LogP contribution in [0, 0.1) is 5.92 Å². The highest BCUT2D eigenvalue weighted by molar-refractivity contribution is 9.11. The first-order valence-corrected chi connectivity index (χ1v) is 7.83. The molecule has 3 unspecified atom stereocenters. The lowest BCUT2D eigenvalue weighted by atomic mass is 10.1. The first-order chi connectivity index (χ1) is 8.66. The Bertz CT molecular complexity index is 535. The van der Waals surface area contributed by atoms with Gasteiger partial charge in [0, 0.05) is 4.88 Å². The summed E-state index contributed by atoms with van der Waals surface area (Å²) >= 11 is 10.9. The molecule has 0 amide bonds. The van der Waals surface area contributed by atoms with Crippen molar-refractivity contribution in [3.8, 4) is 0 Å². The normalized spacial score (nSPS) is 23.9. The quantitative estimate of drug-likeness (QED) is 0.831. The van der Waals surface area contributed by atoms with Crippen LogP contribution in [-0.2, 0) is 0 Å². The van der Waals surface area contributed by atoms with Crippen LogP contribution < -0.4 is 0 Å². The molecule has 1 nitrogen and oxygen atoms in total. The number of halogens is 2. The smallest absolute Gasteiger partial charge is 0.0917 e. The molecule has 1 fully saturated rings. The van der Waals surface area contributed by atoms with E-state index in [9.17, 15) is 5.11 Å². The summed E-state index contributed by atoms with van der Waals surface area (Å²) in [6.07, 6.45) is 0.655. The van der Waals surface area contributed by atoms with Gasteiger partial charge in [0.15, 0.2) is 0 Å². The van der Waals surface area contributed by atoms with E-state index in [-0.39, 0.29) is 0 Å². The zero-order valence-corrected chi connectivity index (χ0v) is 12.7. The van der Waals surface area contributed by atoms with Crippen LogP contribution in [0.4, 0.5) is 0 Å². The molecular weight excluding hydrogens is 332 g/mol. The number of hydrogen-bond acceptors (Lipinski definition) is 2. The van der Waals surface area contributed by atoms with Crippen LogP contribution in [0.15, 0.2) is 40.2 Å². The summed E-state index contributed by atoms with van der Waals surface area (Å²) < 4.78 is 0.898. The lowest BCUT2D eigenvalue weighted by Gasteiger charge is -2.07. The van der Waals surface area contributed by atoms with Gasteiger partial charge in [0.25, 0.3) is 0 Å². The van der Waals surface area contributed by atoms with E-state index < -0.39 is 6.10 Å². The highest BCUT2D eigenvalue weighted by atomic mass is 79.9. The van der Waals surface area contributed by atoms with Gasteiger partial charge in [0.2, 0.25) is 0 Å². The van der Waals surface area contributed by atoms with Crippen molar-refractivity contribution in [2.75, 3.05) is 0 Å². The average molecular weight is 344 g/mol. The van der Waals surface area contributed by atoms with Crippen LogP contribution in [0.2, 0.25) is 5.02 Å². The summed E-state index contributed by atoms with van der Waals surface area (Å²) in [6.45, 7) is 0. The first kappa shape index (κ1) is 12.7. The summed E-state index contributed by atoms with van der Waals surface area (Å²) in [6, 6.07) is 12.3. The maximum Gasteiger partial charge on any atom is 0.0917 e. The molecule has 0 saturated heterocycles. The second-order valence-corrected chi connectivity index (χ2v) is 7.44. The summed E-state index contributed by atoms with van der Waals surface area (Å²) in [5.41, 5.74) is 1.32. The van der Waals surface area contributed by atoms with Crippen molar-refractivity contribution >= 4 is 38.9 Å². The molecule has 3 rings (SSSR count). The first-order valence-electron chi connectivity index (χ1n) is 5.84. The Morgan fingerprint density at radius 2 is 2.06 bits per heavy atom. The SMILES string of the molecule is OC(c1cc(Cl)c(Br)s1)C1CC1c1ccccc1. The molecule has 18 heavy (non-hydrogen) atoms. The van der Waals surface area contributed by atoms with Crippen LogP contribution in [-0.4, -0.2) is 5.11 Å². The molecule has 1 aliphatic carbocycles. The van der Waals surface area contributed by atoms with Crippen LogP contribution in [0.3, 0.4) is 0 Å². The Labute approximate surface area is 124 Å². The van der Waals surface area contributed by atoms with Gasteiger partial charge in [-0.2, -0.15) is 0 Å². The topological polar surface area (TPSA) is 20.2 Å². The van der Waals surface area contributed by atoms with Crippen molar-refractivity contribution in [2.24, 2.45) is 5.92 Å². The van der Waals surface area contributed by atoms with Crippen molar-refractivity contribution in [2.45, 2.75) is 18.4 Å². The molecule has 1 saturated carbocycles. The van der Waals surface area contributed by atoms with Gasteiger partial charge in [-0.1, -0.05) is 41.9 Å². The molecule has 0 bridgehead atoms. The summed E-state index contributed by atoms with van der Waals surface area (Å²) in [5, 5.41) is 11.0. The Hall–Kier alpha value is -0.350. The Balaban J connectivity index is 1.75. The number of thiophene rings is 1. The third-order valence-electron chi connectivity index (χ3n) is 3.43. The minimum absolute atomic E-state index is 0.328. The highest BCUT2D eigenvalue weighted by Crippen LogP contribution is 2.55. The molecule has 0 aliphatic heterocycles. The summed E-state index contributed by atoms with van der Waals surface area (Å²) in [4.78, 5) is 0.954. The van der Waals surface area contributed by atoms with E-state index in [2.05, 4.69) is 40.2 Å². The van der Waals surface area contributed by atoms with Crippen molar-refractivity contribution < 1.29 is 5.11 Å². The maximum atomic E-state index is 10.4. The number of aliphatic hydroxyl groups excluding tert-OH is 1. The highest BCUT2D eigenvalue weighted by Gasteiger charge is 2.44. The average Bonchev–Trinajstić information content (AvgIpc) is 3.11. The number of aliphatic hydroxyl groups is 1. The van der Waals surface area contributed by atoms with Gasteiger partial charge in [-0.05, 0) is 45.8 Å². The summed E-state index contributed by atoms with van der Waals surface area (Å²) in [7, 11) is 0. The number of rotatable bonds is 3. The minimum atomic E-state index is -0.399. The van der Waals surface area contributed by atoms with Crippen molar-refractivity contribution in [3.63, 3.8) is 0 Å². The number of benzene rings is 1. The fraction of sp³-hybridized carbons (Fsp3) is 0.286. The fourth-order valence-electron chi connectivity index (χ4n) is 2.37. The van der Waals surface area contributed by atoms with Gasteiger partial charge in [0.05, 0.1) is 14.9 Å². The zero-order chi connectivity index (χ0) is 12.7. The van der Waals surface area contributed by atoms with E-state index in [0.717, 1.165) is 15.1 Å². The van der Waals surface area contributed by atoms with Crippen LogP contribution in [0.1, 0.15) is 28.9 Å². The molecule has 94 valence electrons. The largest absolute Gasteiger partial charge is 0.387 e. The van der Waals surface area contributed by atoms with E-state index >= 15 is 0 Å². The van der Waals surface area contributed by atoms with Gasteiger partial charge < -0.3 is 5.11 Å². The van der Waals surface area contributed by atoms with Crippen molar-refractivity contribution in [3.05, 3.63) is 55.6 Å². The molecule has 1 aromatic carbocycles. The third-order valence-corrected chi connectivity index (χ3v) is 5.97. The van der Waals surface area contributed by atoms with Crippen LogP contribution >= 0.6 is 38.9 Å². The van der Waals surface area contributed by atoms with E-state index in [0.29, 0.717) is 16.9 Å². The minimum Gasteiger partial charge on any atom is -0.387 e. The van der Waals surface area contributed by atoms with Gasteiger partial charge in [0.1, 0.15) is 0 Å². The lowest BCUT2D eigenvalue weighted by Crippen LogP contribution is -1.98. The monoisotopic (exact) mass is 342 g/mol. The maximum absolute atomic E-state index is 10.4. The molecule has 0 spiro atoms. The standard InChI is InChI=1S/C14H12BrClOS/c15-14-11(16)7-12(18-14)13(17)10-6-9(10)8-4-2-1-3-5-8/h1-5,7,9-10,13,17H,6H2. The molecule has 1 heterocycles. The molecule has 3 atom stereocenters. The van der Waals surface area contributed by atoms with E-state index in [1.807, 2.05) is 12.1 Å². The van der Waals surface area contributed by atoms with Gasteiger partial charge in [-0.3, -0.25) is 0 Å². The third kappa shape index (κ3) is 2.37. The van der Waals surface area contributed by atoms with Gasteiger partial charge in [-0.25, -0.2) is 0 Å². The van der Waals surface area contributed by atoms with Gasteiger partial charge >= 0.3 is 0 Å².